The van der Waals surface area contributed by atoms with Crippen molar-refractivity contribution in [3.05, 3.63) is 58.9 Å². The normalized spacial score (nSPS) is 21.0. The number of nitrogens with one attached hydrogen (secondary N) is 1. The molecule has 0 radical (unpaired) electrons. The summed E-state index contributed by atoms with van der Waals surface area (Å²) in [6.07, 6.45) is 10.8. The third-order valence-electron chi connectivity index (χ3n) is 12.1. The highest BCUT2D eigenvalue weighted by Crippen LogP contribution is 2.28. The highest BCUT2D eigenvalue weighted by atomic mass is 35.5. The van der Waals surface area contributed by atoms with Crippen LogP contribution >= 0.6 is 36.4 Å². The zero-order chi connectivity index (χ0) is 39.9. The summed E-state index contributed by atoms with van der Waals surface area (Å²) in [6, 6.07) is 10.7. The Morgan fingerprint density at radius 2 is 1.21 bits per heavy atom. The first-order valence-corrected chi connectivity index (χ1v) is 21.3. The van der Waals surface area contributed by atoms with E-state index in [0.29, 0.717) is 50.3 Å². The number of amides is 1. The molecule has 3 heterocycles. The Bertz CT molecular complexity index is 1480. The van der Waals surface area contributed by atoms with Crippen molar-refractivity contribution in [3.8, 4) is 0 Å². The molecule has 6 rings (SSSR count). The fourth-order valence-corrected chi connectivity index (χ4v) is 8.71. The molecule has 0 spiro atoms. The quantitative estimate of drug-likeness (QED) is 0.144. The monoisotopic (exact) mass is 876 g/mol. The summed E-state index contributed by atoms with van der Waals surface area (Å²) in [5, 5.41) is 4.01. The van der Waals surface area contributed by atoms with E-state index in [0.717, 1.165) is 121 Å². The molecule has 2 aromatic carbocycles. The average Bonchev–Trinajstić information content (AvgIpc) is 3.20. The van der Waals surface area contributed by atoms with Gasteiger partial charge < -0.3 is 19.9 Å². The fourth-order valence-electron chi connectivity index (χ4n) is 8.59. The van der Waals surface area contributed by atoms with Crippen LogP contribution in [0.15, 0.2) is 36.4 Å². The predicted octanol–water partition coefficient (Wildman–Crippen LogP) is 7.71. The smallest absolute Gasteiger partial charge is 0.220 e. The predicted molar refractivity (Wildman–Crippen MR) is 234 cm³/mol. The van der Waals surface area contributed by atoms with Gasteiger partial charge in [0.2, 0.25) is 5.91 Å². The van der Waals surface area contributed by atoms with Gasteiger partial charge in [-0.1, -0.05) is 11.6 Å². The minimum absolute atomic E-state index is 0. The van der Waals surface area contributed by atoms with E-state index in [9.17, 15) is 22.8 Å². The largest absolute Gasteiger partial charge is 0.385 e. The van der Waals surface area contributed by atoms with Crippen molar-refractivity contribution >= 4 is 59.5 Å². The molecule has 58 heavy (non-hydrogen) atoms. The van der Waals surface area contributed by atoms with Gasteiger partial charge in [0.15, 0.2) is 17.5 Å². The number of rotatable bonds is 15. The van der Waals surface area contributed by atoms with Gasteiger partial charge in [-0.2, -0.15) is 0 Å². The maximum Gasteiger partial charge on any atom is 0.220 e. The summed E-state index contributed by atoms with van der Waals surface area (Å²) in [6.45, 7) is 14.6. The van der Waals surface area contributed by atoms with Gasteiger partial charge in [-0.25, -0.2) is 13.2 Å². The Hall–Kier alpha value is -2.32. The summed E-state index contributed by atoms with van der Waals surface area (Å²) in [5.41, 5.74) is 1.68. The molecule has 1 N–H and O–H groups in total. The van der Waals surface area contributed by atoms with E-state index in [1.165, 1.54) is 31.5 Å². The van der Waals surface area contributed by atoms with Crippen molar-refractivity contribution in [3.63, 3.8) is 0 Å². The number of hydrogen-bond acceptors (Lipinski definition) is 8. The van der Waals surface area contributed by atoms with Crippen molar-refractivity contribution in [2.45, 2.75) is 77.2 Å². The van der Waals surface area contributed by atoms with Crippen LogP contribution < -0.4 is 15.1 Å². The topological polar surface area (TPSA) is 71.6 Å². The molecule has 1 amide bonds. The third-order valence-corrected chi connectivity index (χ3v) is 12.3. The number of methoxy groups -OCH3 is 1. The lowest BCUT2D eigenvalue weighted by Gasteiger charge is -2.37. The minimum atomic E-state index is -1.41. The summed E-state index contributed by atoms with van der Waals surface area (Å²) in [7, 11) is 1.68. The Labute approximate surface area is 362 Å². The molecule has 4 aliphatic rings. The number of nitrogens with zero attached hydrogens (tertiary/aromatic N) is 5. The second-order valence-electron chi connectivity index (χ2n) is 16.2. The zero-order valence-corrected chi connectivity index (χ0v) is 36.8. The van der Waals surface area contributed by atoms with E-state index < -0.39 is 17.5 Å². The lowest BCUT2D eigenvalue weighted by atomic mass is 9.84. The van der Waals surface area contributed by atoms with E-state index >= 15 is 0 Å². The molecule has 0 unspecified atom stereocenters. The third kappa shape index (κ3) is 16.6. The van der Waals surface area contributed by atoms with Gasteiger partial charge in [0.05, 0.1) is 6.54 Å². The average molecular weight is 878 g/mol. The fraction of sp³-hybridized carbons (Fsp3) is 0.674. The Kier molecular flexibility index (Phi) is 22.5. The van der Waals surface area contributed by atoms with Crippen LogP contribution in [-0.4, -0.2) is 131 Å². The number of piperidine rings is 1. The van der Waals surface area contributed by atoms with E-state index in [1.54, 1.807) is 14.0 Å². The lowest BCUT2D eigenvalue weighted by Crippen LogP contribution is -2.47. The van der Waals surface area contributed by atoms with Crippen molar-refractivity contribution in [1.82, 2.24) is 20.0 Å². The summed E-state index contributed by atoms with van der Waals surface area (Å²) < 4.78 is 45.0. The van der Waals surface area contributed by atoms with Gasteiger partial charge >= 0.3 is 0 Å². The van der Waals surface area contributed by atoms with Crippen LogP contribution in [0.1, 0.15) is 71.1 Å². The number of halogens is 6. The van der Waals surface area contributed by atoms with Gasteiger partial charge in [-0.05, 0) is 127 Å². The maximum absolute atomic E-state index is 13.4. The van der Waals surface area contributed by atoms with Crippen LogP contribution in [0.3, 0.4) is 0 Å². The number of ether oxygens (including phenoxy) is 1. The lowest BCUT2D eigenvalue weighted by molar-refractivity contribution is -0.122. The van der Waals surface area contributed by atoms with Crippen molar-refractivity contribution in [1.29, 1.82) is 0 Å². The van der Waals surface area contributed by atoms with Crippen LogP contribution in [0.5, 0.6) is 0 Å². The molecule has 9 nitrogen and oxygen atoms in total. The van der Waals surface area contributed by atoms with Crippen LogP contribution in [0.2, 0.25) is 5.02 Å². The minimum Gasteiger partial charge on any atom is -0.385 e. The van der Waals surface area contributed by atoms with Gasteiger partial charge in [-0.3, -0.25) is 24.3 Å². The van der Waals surface area contributed by atoms with E-state index in [4.69, 9.17) is 16.3 Å². The molecule has 4 fully saturated rings. The van der Waals surface area contributed by atoms with Crippen LogP contribution in [0.25, 0.3) is 0 Å². The Balaban J connectivity index is 0.000000301. The zero-order valence-electron chi connectivity index (χ0n) is 34.5. The van der Waals surface area contributed by atoms with E-state index in [1.807, 2.05) is 17.0 Å². The summed E-state index contributed by atoms with van der Waals surface area (Å²) >= 11 is 6.00. The molecule has 3 aliphatic heterocycles. The van der Waals surface area contributed by atoms with Crippen molar-refractivity contribution in [2.24, 2.45) is 11.8 Å². The number of Topliss-reactive ketones (excluding diaryl/α,β-unsaturated/α-hetero) is 1. The molecule has 0 bridgehead atoms. The molecule has 15 heteroatoms. The van der Waals surface area contributed by atoms with Crippen molar-refractivity contribution < 1.29 is 27.5 Å². The Morgan fingerprint density at radius 1 is 0.707 bits per heavy atom. The van der Waals surface area contributed by atoms with Gasteiger partial charge in [0, 0.05) is 107 Å². The van der Waals surface area contributed by atoms with Gasteiger partial charge in [0.1, 0.15) is 5.78 Å². The molecular weight excluding hydrogens is 812 g/mol. The number of piperazine rings is 2. The molecular formula is C43H66Cl3F3N6O3. The molecule has 1 saturated carbocycles. The standard InChI is InChI=1S/C23H36ClN3O2.C20H28F3N3O.2ClH/c1-29-18-2-3-23(28)25-21-8-4-19(5-9-21)12-13-26-14-16-27(17-15-26)22-10-6-20(24)7-11-22;1-15(27)14-25-6-3-16(4-7-25)2-5-24-8-10-26(11-9-24)17-12-18(21)20(23)19(22)13-17;;/h6-7,10-11,19,21H,2-5,8-9,12-18H2,1H3,(H,25,28);12-13,16H,2-11,14H2,1H3;2*1H. The van der Waals surface area contributed by atoms with Gasteiger partial charge in [0.25, 0.3) is 0 Å². The van der Waals surface area contributed by atoms with Crippen LogP contribution in [0.4, 0.5) is 24.5 Å². The number of carbonyl (C=O) groups excluding carboxylic acids is 2. The molecule has 328 valence electrons. The Morgan fingerprint density at radius 3 is 1.71 bits per heavy atom. The molecule has 3 saturated heterocycles. The highest BCUT2D eigenvalue weighted by molar-refractivity contribution is 6.30. The number of benzene rings is 2. The number of ketones is 1. The first-order chi connectivity index (χ1) is 27.1. The highest BCUT2D eigenvalue weighted by Gasteiger charge is 2.25. The SMILES string of the molecule is CC(=O)CN1CCC(CCN2CCN(c3cc(F)c(F)c(F)c3)CC2)CC1.COCCCC(=O)NC1CCC(CCN2CCN(c3ccc(Cl)cc3)CC2)CC1.Cl.Cl. The first kappa shape index (κ1) is 50.0. The summed E-state index contributed by atoms with van der Waals surface area (Å²) in [4.78, 5) is 34.7. The first-order valence-electron chi connectivity index (χ1n) is 20.9. The second-order valence-corrected chi connectivity index (χ2v) is 16.7. The number of anilines is 2. The number of hydrogen-bond donors (Lipinski definition) is 1. The molecule has 0 atom stereocenters. The van der Waals surface area contributed by atoms with Crippen LogP contribution in [-0.2, 0) is 14.3 Å². The van der Waals surface area contributed by atoms with E-state index in [-0.39, 0.29) is 36.5 Å². The molecule has 0 aromatic heterocycles. The number of carbonyl (C=O) groups is 2. The van der Waals surface area contributed by atoms with E-state index in [2.05, 4.69) is 37.0 Å². The number of likely N-dealkylation sites (tertiary alicyclic amines) is 1. The second kappa shape index (κ2) is 26.1. The van der Waals surface area contributed by atoms with Crippen LogP contribution in [0, 0.1) is 29.3 Å². The maximum atomic E-state index is 13.4. The molecule has 1 aliphatic carbocycles. The van der Waals surface area contributed by atoms with Crippen molar-refractivity contribution in [2.75, 3.05) is 109 Å². The molecule has 2 aromatic rings. The summed E-state index contributed by atoms with van der Waals surface area (Å²) in [5.74, 6) is -1.76. The van der Waals surface area contributed by atoms with Gasteiger partial charge in [-0.15, -0.1) is 24.8 Å².